The van der Waals surface area contributed by atoms with Gasteiger partial charge in [0.2, 0.25) is 5.91 Å². The number of nitrogens with zero attached hydrogens (tertiary/aromatic N) is 1. The molecular formula is C19H19N3O4. The van der Waals surface area contributed by atoms with Gasteiger partial charge in [-0.3, -0.25) is 9.59 Å². The fourth-order valence-electron chi connectivity index (χ4n) is 2.73. The summed E-state index contributed by atoms with van der Waals surface area (Å²) >= 11 is 0. The van der Waals surface area contributed by atoms with Gasteiger partial charge in [0.25, 0.3) is 5.91 Å². The third-order valence-electron chi connectivity index (χ3n) is 3.95. The Bertz CT molecular complexity index is 927. The second-order valence-electron chi connectivity index (χ2n) is 6.17. The Kier molecular flexibility index (Phi) is 4.62. The third kappa shape index (κ3) is 3.66. The van der Waals surface area contributed by atoms with Crippen molar-refractivity contribution in [3.05, 3.63) is 58.7 Å². The summed E-state index contributed by atoms with van der Waals surface area (Å²) in [6.07, 6.45) is 1.55. The second-order valence-corrected chi connectivity index (χ2v) is 6.17. The smallest absolute Gasteiger partial charge is 0.329 e. The van der Waals surface area contributed by atoms with Crippen molar-refractivity contribution in [3.63, 3.8) is 0 Å². The first-order valence-corrected chi connectivity index (χ1v) is 8.11. The molecule has 7 nitrogen and oxygen atoms in total. The summed E-state index contributed by atoms with van der Waals surface area (Å²) in [5.74, 6) is 0.358. The summed E-state index contributed by atoms with van der Waals surface area (Å²) < 4.78 is 5.41. The average molecular weight is 353 g/mol. The number of benzene rings is 1. The number of rotatable bonds is 4. The summed E-state index contributed by atoms with van der Waals surface area (Å²) in [6.45, 7) is 5.11. The molecule has 2 aromatic rings. The Hall–Kier alpha value is -3.35. The zero-order valence-electron chi connectivity index (χ0n) is 14.8. The molecule has 1 aromatic heterocycles. The average Bonchev–Trinajstić information content (AvgIpc) is 3.00. The van der Waals surface area contributed by atoms with Crippen molar-refractivity contribution >= 4 is 29.6 Å². The number of nitrogens with one attached hydrogen (secondary N) is 2. The predicted octanol–water partition coefficient (Wildman–Crippen LogP) is 2.74. The lowest BCUT2D eigenvalue weighted by molar-refractivity contribution is -0.127. The maximum Gasteiger partial charge on any atom is 0.329 e. The van der Waals surface area contributed by atoms with E-state index in [1.54, 1.807) is 38.1 Å². The van der Waals surface area contributed by atoms with Crippen molar-refractivity contribution in [2.24, 2.45) is 0 Å². The van der Waals surface area contributed by atoms with Crippen LogP contribution in [0.2, 0.25) is 0 Å². The van der Waals surface area contributed by atoms with Gasteiger partial charge in [-0.25, -0.2) is 9.69 Å². The number of carbonyl (C=O) groups excluding carboxylic acids is 3. The minimum absolute atomic E-state index is 0.113. The van der Waals surface area contributed by atoms with E-state index in [9.17, 15) is 14.4 Å². The molecule has 0 radical (unpaired) electrons. The van der Waals surface area contributed by atoms with E-state index in [0.29, 0.717) is 22.8 Å². The Morgan fingerprint density at radius 3 is 2.65 bits per heavy atom. The Labute approximate surface area is 150 Å². The van der Waals surface area contributed by atoms with Crippen LogP contribution in [0.25, 0.3) is 6.08 Å². The molecule has 1 fully saturated rings. The van der Waals surface area contributed by atoms with E-state index in [2.05, 4.69) is 10.6 Å². The van der Waals surface area contributed by atoms with Crippen molar-refractivity contribution in [3.8, 4) is 0 Å². The van der Waals surface area contributed by atoms with E-state index < -0.39 is 17.8 Å². The summed E-state index contributed by atoms with van der Waals surface area (Å²) in [5.41, 5.74) is 2.43. The molecule has 0 bridgehead atoms. The summed E-state index contributed by atoms with van der Waals surface area (Å²) in [4.78, 5) is 37.6. The van der Waals surface area contributed by atoms with Crippen molar-refractivity contribution in [1.29, 1.82) is 0 Å². The van der Waals surface area contributed by atoms with Gasteiger partial charge in [0.15, 0.2) is 0 Å². The molecule has 134 valence electrons. The maximum absolute atomic E-state index is 12.4. The summed E-state index contributed by atoms with van der Waals surface area (Å²) in [7, 11) is 0. The number of aryl methyl sites for hydroxylation is 3. The van der Waals surface area contributed by atoms with Crippen LogP contribution >= 0.6 is 0 Å². The van der Waals surface area contributed by atoms with Crippen molar-refractivity contribution in [2.45, 2.75) is 20.8 Å². The number of carbonyl (C=O) groups is 3. The van der Waals surface area contributed by atoms with Crippen LogP contribution in [0.4, 0.5) is 10.5 Å². The van der Waals surface area contributed by atoms with Gasteiger partial charge in [-0.2, -0.15) is 0 Å². The lowest BCUT2D eigenvalue weighted by Gasteiger charge is -2.12. The summed E-state index contributed by atoms with van der Waals surface area (Å²) in [6, 6.07) is 8.41. The van der Waals surface area contributed by atoms with E-state index in [-0.39, 0.29) is 12.2 Å². The molecule has 0 aliphatic carbocycles. The maximum atomic E-state index is 12.4. The van der Waals surface area contributed by atoms with Gasteiger partial charge < -0.3 is 15.1 Å². The lowest BCUT2D eigenvalue weighted by Crippen LogP contribution is -2.38. The third-order valence-corrected chi connectivity index (χ3v) is 3.95. The molecular weight excluding hydrogens is 334 g/mol. The summed E-state index contributed by atoms with van der Waals surface area (Å²) in [5, 5.41) is 5.17. The fraction of sp³-hybridized carbons (Fsp3) is 0.211. The highest BCUT2D eigenvalue weighted by atomic mass is 16.3. The van der Waals surface area contributed by atoms with Gasteiger partial charge in [-0.15, -0.1) is 0 Å². The standard InChI is InChI=1S/C19H19N3O4/c1-11-5-4-6-15(7-11)20-17(23)10-22-18(24)16(21-19(22)25)9-14-8-12(2)26-13(14)3/h4-9H,10H2,1-3H3,(H,20,23)(H,21,25)/b16-9-. The van der Waals surface area contributed by atoms with Gasteiger partial charge in [-0.05, 0) is 50.6 Å². The van der Waals surface area contributed by atoms with E-state index in [1.807, 2.05) is 19.1 Å². The molecule has 0 unspecified atom stereocenters. The molecule has 1 aromatic carbocycles. The quantitative estimate of drug-likeness (QED) is 0.653. The van der Waals surface area contributed by atoms with Crippen LogP contribution in [-0.4, -0.2) is 29.3 Å². The highest BCUT2D eigenvalue weighted by Gasteiger charge is 2.35. The zero-order chi connectivity index (χ0) is 18.8. The first kappa shape index (κ1) is 17.5. The molecule has 0 saturated carbocycles. The number of anilines is 1. The number of imide groups is 1. The number of urea groups is 1. The van der Waals surface area contributed by atoms with E-state index in [0.717, 1.165) is 10.5 Å². The monoisotopic (exact) mass is 353 g/mol. The molecule has 1 aliphatic rings. The van der Waals surface area contributed by atoms with Crippen molar-refractivity contribution in [2.75, 3.05) is 11.9 Å². The molecule has 4 amide bonds. The van der Waals surface area contributed by atoms with Gasteiger partial charge in [0.05, 0.1) is 0 Å². The molecule has 2 N–H and O–H groups in total. The SMILES string of the molecule is Cc1cccc(NC(=O)CN2C(=O)N/C(=C\c3cc(C)oc3C)C2=O)c1. The van der Waals surface area contributed by atoms with Crippen molar-refractivity contribution < 1.29 is 18.8 Å². The molecule has 1 aliphatic heterocycles. The van der Waals surface area contributed by atoms with E-state index in [1.165, 1.54) is 0 Å². The zero-order valence-corrected chi connectivity index (χ0v) is 14.8. The first-order chi connectivity index (χ1) is 12.3. The van der Waals surface area contributed by atoms with Crippen LogP contribution in [0, 0.1) is 20.8 Å². The minimum atomic E-state index is -0.626. The number of furan rings is 1. The number of hydrogen-bond acceptors (Lipinski definition) is 4. The van der Waals surface area contributed by atoms with Gasteiger partial charge in [0.1, 0.15) is 23.8 Å². The number of amides is 4. The largest absolute Gasteiger partial charge is 0.466 e. The van der Waals surface area contributed by atoms with E-state index in [4.69, 9.17) is 4.42 Å². The molecule has 26 heavy (non-hydrogen) atoms. The Morgan fingerprint density at radius 2 is 2.00 bits per heavy atom. The highest BCUT2D eigenvalue weighted by molar-refractivity contribution is 6.16. The predicted molar refractivity (Wildman–Crippen MR) is 96.2 cm³/mol. The highest BCUT2D eigenvalue weighted by Crippen LogP contribution is 2.19. The minimum Gasteiger partial charge on any atom is -0.466 e. The van der Waals surface area contributed by atoms with Crippen LogP contribution in [0.5, 0.6) is 0 Å². The van der Waals surface area contributed by atoms with Crippen LogP contribution in [0.1, 0.15) is 22.6 Å². The molecule has 0 atom stereocenters. The van der Waals surface area contributed by atoms with Crippen LogP contribution < -0.4 is 10.6 Å². The van der Waals surface area contributed by atoms with Crippen LogP contribution in [-0.2, 0) is 9.59 Å². The van der Waals surface area contributed by atoms with Gasteiger partial charge in [-0.1, -0.05) is 12.1 Å². The van der Waals surface area contributed by atoms with Crippen LogP contribution in [0.3, 0.4) is 0 Å². The second kappa shape index (κ2) is 6.87. The molecule has 3 rings (SSSR count). The first-order valence-electron chi connectivity index (χ1n) is 8.11. The normalized spacial score (nSPS) is 15.5. The van der Waals surface area contributed by atoms with Gasteiger partial charge >= 0.3 is 6.03 Å². The Morgan fingerprint density at radius 1 is 1.23 bits per heavy atom. The lowest BCUT2D eigenvalue weighted by atomic mass is 10.2. The van der Waals surface area contributed by atoms with Gasteiger partial charge in [0, 0.05) is 11.3 Å². The molecule has 7 heteroatoms. The van der Waals surface area contributed by atoms with Crippen molar-refractivity contribution in [1.82, 2.24) is 10.2 Å². The fourth-order valence-corrected chi connectivity index (χ4v) is 2.73. The topological polar surface area (TPSA) is 91.7 Å². The molecule has 0 spiro atoms. The Balaban J connectivity index is 1.71. The molecule has 1 saturated heterocycles. The van der Waals surface area contributed by atoms with Crippen LogP contribution in [0.15, 0.2) is 40.4 Å². The number of hydrogen-bond donors (Lipinski definition) is 2. The van der Waals surface area contributed by atoms with E-state index >= 15 is 0 Å². The molecule has 2 heterocycles.